The van der Waals surface area contributed by atoms with E-state index in [0.717, 1.165) is 5.56 Å². The molecule has 0 radical (unpaired) electrons. The Kier molecular flexibility index (Phi) is 9.68. The van der Waals surface area contributed by atoms with Crippen LogP contribution in [0.1, 0.15) is 16.8 Å². The molecule has 4 heterocycles. The van der Waals surface area contributed by atoms with Crippen LogP contribution in [-0.4, -0.2) is 116 Å². The highest BCUT2D eigenvalue weighted by atomic mass is 16.6. The minimum Gasteiger partial charge on any atom is -0.399 e. The lowest BCUT2D eigenvalue weighted by atomic mass is 10.1. The van der Waals surface area contributed by atoms with Gasteiger partial charge in [0.05, 0.1) is 38.7 Å². The number of anilines is 4. The molecule has 1 atom stereocenters. The normalized spacial score (nSPS) is 19.0. The SMILES string of the molecule is CON=C1CC(C(N)=O)N(C(=O)c2ccc(NC(=O)Nc3ccc(-c4nc(N5CCOCC5)nc(N5CCOCC5)n4)cc3)cc2)C1. The van der Waals surface area contributed by atoms with E-state index in [0.29, 0.717) is 93.0 Å². The van der Waals surface area contributed by atoms with Crippen LogP contribution in [0.4, 0.5) is 28.1 Å². The van der Waals surface area contributed by atoms with Crippen molar-refractivity contribution < 1.29 is 28.7 Å². The minimum absolute atomic E-state index is 0.138. The highest BCUT2D eigenvalue weighted by Crippen LogP contribution is 2.25. The maximum Gasteiger partial charge on any atom is 0.323 e. The number of hydrogen-bond donors (Lipinski definition) is 3. The van der Waals surface area contributed by atoms with Gasteiger partial charge in [0, 0.05) is 55.1 Å². The maximum atomic E-state index is 13.1. The molecule has 3 aliphatic rings. The van der Waals surface area contributed by atoms with Crippen molar-refractivity contribution in [2.75, 3.05) is 86.7 Å². The molecule has 16 heteroatoms. The van der Waals surface area contributed by atoms with E-state index in [9.17, 15) is 14.4 Å². The average Bonchev–Trinajstić information content (AvgIpc) is 3.54. The van der Waals surface area contributed by atoms with Crippen LogP contribution in [-0.2, 0) is 19.1 Å². The number of ether oxygens (including phenoxy) is 2. The van der Waals surface area contributed by atoms with Gasteiger partial charge in [0.2, 0.25) is 17.8 Å². The number of amides is 4. The standard InChI is InChI=1S/C31H36N10O6/c1-45-38-24-18-25(26(32)42)41(19-24)28(43)21-4-8-23(9-5-21)34-31(44)33-22-6-2-20(3-7-22)27-35-29(39-10-14-46-15-11-39)37-30(36-27)40-12-16-47-17-13-40/h2-9,25H,10-19H2,1H3,(H2,32,42)(H2,33,34,44). The monoisotopic (exact) mass is 644 g/mol. The quantitative estimate of drug-likeness (QED) is 0.302. The number of hydrogen-bond acceptors (Lipinski definition) is 12. The Bertz CT molecular complexity index is 1590. The minimum atomic E-state index is -0.810. The lowest BCUT2D eigenvalue weighted by Crippen LogP contribution is -2.43. The predicted octanol–water partition coefficient (Wildman–Crippen LogP) is 1.56. The van der Waals surface area contributed by atoms with E-state index in [-0.39, 0.29) is 18.9 Å². The van der Waals surface area contributed by atoms with Crippen molar-refractivity contribution in [3.8, 4) is 11.4 Å². The first kappa shape index (κ1) is 31.6. The van der Waals surface area contributed by atoms with Gasteiger partial charge in [-0.05, 0) is 48.5 Å². The molecule has 246 valence electrons. The van der Waals surface area contributed by atoms with E-state index >= 15 is 0 Å². The van der Waals surface area contributed by atoms with Gasteiger partial charge in [0.15, 0.2) is 5.82 Å². The largest absolute Gasteiger partial charge is 0.399 e. The zero-order valence-corrected chi connectivity index (χ0v) is 25.9. The summed E-state index contributed by atoms with van der Waals surface area (Å²) in [7, 11) is 1.40. The van der Waals surface area contributed by atoms with E-state index < -0.39 is 18.0 Å². The molecule has 0 saturated carbocycles. The maximum absolute atomic E-state index is 13.1. The van der Waals surface area contributed by atoms with E-state index in [1.807, 2.05) is 12.1 Å². The molecule has 0 aliphatic carbocycles. The number of likely N-dealkylation sites (tertiary alicyclic amines) is 1. The lowest BCUT2D eigenvalue weighted by Gasteiger charge is -2.30. The van der Waals surface area contributed by atoms with Gasteiger partial charge in [-0.15, -0.1) is 0 Å². The Morgan fingerprint density at radius 2 is 1.36 bits per heavy atom. The van der Waals surface area contributed by atoms with Crippen LogP contribution in [0.15, 0.2) is 53.7 Å². The molecule has 47 heavy (non-hydrogen) atoms. The van der Waals surface area contributed by atoms with Crippen molar-refractivity contribution in [2.45, 2.75) is 12.5 Å². The highest BCUT2D eigenvalue weighted by molar-refractivity contribution is 6.05. The van der Waals surface area contributed by atoms with Crippen molar-refractivity contribution in [3.05, 3.63) is 54.1 Å². The second-order valence-corrected chi connectivity index (χ2v) is 11.1. The van der Waals surface area contributed by atoms with E-state index in [1.54, 1.807) is 36.4 Å². The van der Waals surface area contributed by atoms with Crippen molar-refractivity contribution in [1.29, 1.82) is 0 Å². The average molecular weight is 645 g/mol. The Morgan fingerprint density at radius 1 is 0.830 bits per heavy atom. The number of nitrogens with zero attached hydrogens (tertiary/aromatic N) is 7. The molecule has 0 spiro atoms. The van der Waals surface area contributed by atoms with Crippen molar-refractivity contribution in [1.82, 2.24) is 19.9 Å². The van der Waals surface area contributed by atoms with Gasteiger partial charge in [0.1, 0.15) is 13.2 Å². The molecule has 16 nitrogen and oxygen atoms in total. The third-order valence-electron chi connectivity index (χ3n) is 7.96. The number of carbonyl (C=O) groups is 3. The van der Waals surface area contributed by atoms with Crippen molar-refractivity contribution in [2.24, 2.45) is 10.9 Å². The van der Waals surface area contributed by atoms with Gasteiger partial charge in [-0.25, -0.2) is 4.79 Å². The lowest BCUT2D eigenvalue weighted by molar-refractivity contribution is -0.121. The Balaban J connectivity index is 1.10. The first-order chi connectivity index (χ1) is 22.9. The molecular formula is C31H36N10O6. The van der Waals surface area contributed by atoms with Gasteiger partial charge < -0.3 is 45.4 Å². The zero-order chi connectivity index (χ0) is 32.8. The van der Waals surface area contributed by atoms with Gasteiger partial charge in [-0.2, -0.15) is 15.0 Å². The molecule has 2 aromatic carbocycles. The first-order valence-corrected chi connectivity index (χ1v) is 15.3. The Labute approximate surface area is 270 Å². The summed E-state index contributed by atoms with van der Waals surface area (Å²) in [6.07, 6.45) is 0.218. The molecule has 1 aromatic heterocycles. The van der Waals surface area contributed by atoms with Crippen molar-refractivity contribution in [3.63, 3.8) is 0 Å². The van der Waals surface area contributed by atoms with E-state index in [4.69, 9.17) is 35.0 Å². The molecule has 3 fully saturated rings. The number of morpholine rings is 2. The molecule has 1 unspecified atom stereocenters. The van der Waals surface area contributed by atoms with Crippen LogP contribution in [0.2, 0.25) is 0 Å². The smallest absolute Gasteiger partial charge is 0.323 e. The van der Waals surface area contributed by atoms with Crippen LogP contribution >= 0.6 is 0 Å². The van der Waals surface area contributed by atoms with Crippen LogP contribution < -0.4 is 26.2 Å². The highest BCUT2D eigenvalue weighted by Gasteiger charge is 2.37. The molecule has 6 rings (SSSR count). The fourth-order valence-corrected chi connectivity index (χ4v) is 5.52. The van der Waals surface area contributed by atoms with Crippen molar-refractivity contribution >= 4 is 46.8 Å². The number of nitrogens with two attached hydrogens (primary N) is 1. The van der Waals surface area contributed by atoms with E-state index in [1.165, 1.54) is 12.0 Å². The molecule has 3 aliphatic heterocycles. The Morgan fingerprint density at radius 3 is 1.87 bits per heavy atom. The summed E-state index contributed by atoms with van der Waals surface area (Å²) in [4.78, 5) is 62.5. The molecule has 3 saturated heterocycles. The molecule has 0 bridgehead atoms. The summed E-state index contributed by atoms with van der Waals surface area (Å²) >= 11 is 0. The first-order valence-electron chi connectivity index (χ1n) is 15.3. The van der Waals surface area contributed by atoms with Gasteiger partial charge in [-0.3, -0.25) is 9.59 Å². The van der Waals surface area contributed by atoms with Gasteiger partial charge in [-0.1, -0.05) is 5.16 Å². The Hall–Kier alpha value is -5.35. The number of carbonyl (C=O) groups excluding carboxylic acids is 3. The summed E-state index contributed by atoms with van der Waals surface area (Å²) in [5.41, 5.74) is 8.21. The summed E-state index contributed by atoms with van der Waals surface area (Å²) in [6.45, 7) is 5.37. The second kappa shape index (κ2) is 14.4. The number of urea groups is 1. The fourth-order valence-electron chi connectivity index (χ4n) is 5.52. The number of oxime groups is 1. The third kappa shape index (κ3) is 7.56. The third-order valence-corrected chi connectivity index (χ3v) is 7.96. The number of nitrogens with one attached hydrogen (secondary N) is 2. The van der Waals surface area contributed by atoms with Crippen LogP contribution in [0.25, 0.3) is 11.4 Å². The molecular weight excluding hydrogens is 608 g/mol. The number of primary amides is 1. The number of aromatic nitrogens is 3. The van der Waals surface area contributed by atoms with E-state index in [2.05, 4.69) is 25.6 Å². The zero-order valence-electron chi connectivity index (χ0n) is 25.9. The topological polar surface area (TPSA) is 190 Å². The van der Waals surface area contributed by atoms with Crippen LogP contribution in [0.5, 0.6) is 0 Å². The predicted molar refractivity (Wildman–Crippen MR) is 173 cm³/mol. The van der Waals surface area contributed by atoms with Crippen LogP contribution in [0, 0.1) is 0 Å². The summed E-state index contributed by atoms with van der Waals surface area (Å²) in [5.74, 6) is 0.746. The van der Waals surface area contributed by atoms with Gasteiger partial charge in [0.25, 0.3) is 5.91 Å². The summed E-state index contributed by atoms with van der Waals surface area (Å²) in [5, 5.41) is 9.44. The summed E-state index contributed by atoms with van der Waals surface area (Å²) < 4.78 is 11.0. The number of rotatable bonds is 8. The molecule has 3 aromatic rings. The summed E-state index contributed by atoms with van der Waals surface area (Å²) in [6, 6.07) is 12.3. The number of benzene rings is 2. The fraction of sp³-hybridized carbons (Fsp3) is 0.387. The molecule has 4 N–H and O–H groups in total. The second-order valence-electron chi connectivity index (χ2n) is 11.1. The molecule has 4 amide bonds. The van der Waals surface area contributed by atoms with Gasteiger partial charge >= 0.3 is 6.03 Å². The van der Waals surface area contributed by atoms with Crippen LogP contribution in [0.3, 0.4) is 0 Å².